The highest BCUT2D eigenvalue weighted by Crippen LogP contribution is 1.93. The highest BCUT2D eigenvalue weighted by Gasteiger charge is 2.07. The predicted molar refractivity (Wildman–Crippen MR) is 50.0 cm³/mol. The third-order valence-electron chi connectivity index (χ3n) is 1.45. The van der Waals surface area contributed by atoms with Gasteiger partial charge in [0.15, 0.2) is 0 Å². The van der Waals surface area contributed by atoms with Gasteiger partial charge in [-0.05, 0) is 12.8 Å². The summed E-state index contributed by atoms with van der Waals surface area (Å²) in [6.45, 7) is 0.713. The van der Waals surface area contributed by atoms with Crippen LogP contribution in [0.5, 0.6) is 0 Å². The maximum absolute atomic E-state index is 11.1. The maximum atomic E-state index is 11.1. The molecule has 0 radical (unpaired) electrons. The minimum absolute atomic E-state index is 0.0353. The third-order valence-corrected chi connectivity index (χ3v) is 2.92. The quantitative estimate of drug-likeness (QED) is 0.522. The molecular formula is C7H17NO4S. The van der Waals surface area contributed by atoms with Crippen molar-refractivity contribution < 1.29 is 18.3 Å². The van der Waals surface area contributed by atoms with Gasteiger partial charge in [-0.3, -0.25) is 0 Å². The summed E-state index contributed by atoms with van der Waals surface area (Å²) in [5, 5.41) is 8.44. The Morgan fingerprint density at radius 3 is 2.62 bits per heavy atom. The smallest absolute Gasteiger partial charge is 0.211 e. The minimum Gasteiger partial charge on any atom is -0.396 e. The third kappa shape index (κ3) is 8.17. The molecular weight excluding hydrogens is 194 g/mol. The maximum Gasteiger partial charge on any atom is 0.211 e. The summed E-state index contributed by atoms with van der Waals surface area (Å²) in [5.74, 6) is 0.0667. The van der Waals surface area contributed by atoms with Gasteiger partial charge in [0, 0.05) is 20.3 Å². The van der Waals surface area contributed by atoms with Crippen molar-refractivity contribution in [2.45, 2.75) is 12.8 Å². The van der Waals surface area contributed by atoms with Crippen LogP contribution in [0.4, 0.5) is 0 Å². The molecule has 0 saturated heterocycles. The van der Waals surface area contributed by atoms with Gasteiger partial charge < -0.3 is 9.84 Å². The molecule has 0 aromatic rings. The van der Waals surface area contributed by atoms with E-state index in [0.29, 0.717) is 26.0 Å². The first kappa shape index (κ1) is 12.8. The number of aliphatic hydroxyl groups is 1. The van der Waals surface area contributed by atoms with Gasteiger partial charge >= 0.3 is 0 Å². The number of sulfonamides is 1. The molecule has 0 saturated carbocycles. The van der Waals surface area contributed by atoms with Crippen molar-refractivity contribution in [3.8, 4) is 0 Å². The number of unbranched alkanes of at least 4 members (excludes halogenated alkanes) is 1. The molecule has 0 unspecified atom stereocenters. The summed E-state index contributed by atoms with van der Waals surface area (Å²) in [4.78, 5) is 0. The van der Waals surface area contributed by atoms with Crippen LogP contribution in [-0.4, -0.2) is 46.1 Å². The van der Waals surface area contributed by atoms with E-state index in [2.05, 4.69) is 4.72 Å². The number of ether oxygens (including phenoxy) is 1. The normalized spacial score (nSPS) is 11.8. The van der Waals surface area contributed by atoms with E-state index < -0.39 is 10.0 Å². The lowest BCUT2D eigenvalue weighted by Crippen LogP contribution is -2.29. The Morgan fingerprint density at radius 2 is 2.08 bits per heavy atom. The lowest BCUT2D eigenvalue weighted by molar-refractivity contribution is 0.204. The SMILES string of the molecule is COCCNS(=O)(=O)CCCCO. The lowest BCUT2D eigenvalue weighted by atomic mass is 10.4. The zero-order valence-corrected chi connectivity index (χ0v) is 8.64. The molecule has 0 atom stereocenters. The van der Waals surface area contributed by atoms with E-state index in [0.717, 1.165) is 0 Å². The summed E-state index contributed by atoms with van der Waals surface area (Å²) < 4.78 is 29.3. The Labute approximate surface area is 79.1 Å². The summed E-state index contributed by atoms with van der Waals surface area (Å²) in [7, 11) is -1.65. The van der Waals surface area contributed by atoms with Crippen molar-refractivity contribution in [1.82, 2.24) is 4.72 Å². The zero-order valence-electron chi connectivity index (χ0n) is 7.82. The molecule has 5 nitrogen and oxygen atoms in total. The van der Waals surface area contributed by atoms with Crippen molar-refractivity contribution in [3.63, 3.8) is 0 Å². The summed E-state index contributed by atoms with van der Waals surface area (Å²) >= 11 is 0. The average molecular weight is 211 g/mol. The standard InChI is InChI=1S/C7H17NO4S/c1-12-6-4-8-13(10,11)7-3-2-5-9/h8-9H,2-7H2,1H3. The fourth-order valence-corrected chi connectivity index (χ4v) is 1.90. The Kier molecular flexibility index (Phi) is 7.16. The highest BCUT2D eigenvalue weighted by atomic mass is 32.2. The van der Waals surface area contributed by atoms with Gasteiger partial charge in [-0.1, -0.05) is 0 Å². The Bertz CT molecular complexity index is 187. The van der Waals surface area contributed by atoms with Crippen LogP contribution in [0.2, 0.25) is 0 Å². The van der Waals surface area contributed by atoms with Gasteiger partial charge in [0.1, 0.15) is 0 Å². The molecule has 0 bridgehead atoms. The number of nitrogens with one attached hydrogen (secondary N) is 1. The monoisotopic (exact) mass is 211 g/mol. The molecule has 0 amide bonds. The van der Waals surface area contributed by atoms with Crippen molar-refractivity contribution in [3.05, 3.63) is 0 Å². The fourth-order valence-electron chi connectivity index (χ4n) is 0.775. The van der Waals surface area contributed by atoms with Crippen LogP contribution in [-0.2, 0) is 14.8 Å². The molecule has 0 fully saturated rings. The number of hydrogen-bond donors (Lipinski definition) is 2. The molecule has 0 aliphatic carbocycles. The molecule has 2 N–H and O–H groups in total. The molecule has 0 aromatic heterocycles. The van der Waals surface area contributed by atoms with Crippen LogP contribution >= 0.6 is 0 Å². The topological polar surface area (TPSA) is 75.6 Å². The van der Waals surface area contributed by atoms with E-state index in [1.807, 2.05) is 0 Å². The van der Waals surface area contributed by atoms with Crippen LogP contribution in [0.25, 0.3) is 0 Å². The molecule has 0 aromatic carbocycles. The molecule has 13 heavy (non-hydrogen) atoms. The second kappa shape index (κ2) is 7.25. The van der Waals surface area contributed by atoms with Crippen LogP contribution in [0.15, 0.2) is 0 Å². The van der Waals surface area contributed by atoms with Gasteiger partial charge in [0.25, 0.3) is 0 Å². The average Bonchev–Trinajstić information content (AvgIpc) is 2.05. The van der Waals surface area contributed by atoms with Gasteiger partial charge in [0.05, 0.1) is 12.4 Å². The second-order valence-electron chi connectivity index (χ2n) is 2.64. The Morgan fingerprint density at radius 1 is 1.38 bits per heavy atom. The van der Waals surface area contributed by atoms with Crippen LogP contribution in [0.3, 0.4) is 0 Å². The molecule has 0 aliphatic heterocycles. The first-order valence-electron chi connectivity index (χ1n) is 4.19. The van der Waals surface area contributed by atoms with E-state index >= 15 is 0 Å². The Balaban J connectivity index is 3.55. The van der Waals surface area contributed by atoms with Gasteiger partial charge in [0.2, 0.25) is 10.0 Å². The van der Waals surface area contributed by atoms with Crippen LogP contribution < -0.4 is 4.72 Å². The summed E-state index contributed by atoms with van der Waals surface area (Å²) in [6.07, 6.45) is 1.00. The van der Waals surface area contributed by atoms with E-state index in [9.17, 15) is 8.42 Å². The summed E-state index contributed by atoms with van der Waals surface area (Å²) in [6, 6.07) is 0. The van der Waals surface area contributed by atoms with Crippen molar-refractivity contribution in [1.29, 1.82) is 0 Å². The first-order chi connectivity index (χ1) is 6.12. The highest BCUT2D eigenvalue weighted by molar-refractivity contribution is 7.89. The molecule has 0 heterocycles. The lowest BCUT2D eigenvalue weighted by Gasteiger charge is -2.04. The zero-order chi connectivity index (χ0) is 10.2. The fraction of sp³-hybridized carbons (Fsp3) is 1.00. The molecule has 6 heteroatoms. The van der Waals surface area contributed by atoms with Crippen LogP contribution in [0.1, 0.15) is 12.8 Å². The van der Waals surface area contributed by atoms with E-state index in [4.69, 9.17) is 9.84 Å². The number of hydrogen-bond acceptors (Lipinski definition) is 4. The minimum atomic E-state index is -3.17. The van der Waals surface area contributed by atoms with Crippen molar-refractivity contribution in [2.24, 2.45) is 0 Å². The van der Waals surface area contributed by atoms with Gasteiger partial charge in [-0.25, -0.2) is 13.1 Å². The molecule has 0 spiro atoms. The Hall–Kier alpha value is -0.170. The number of aliphatic hydroxyl groups excluding tert-OH is 1. The number of rotatable bonds is 8. The second-order valence-corrected chi connectivity index (χ2v) is 4.56. The van der Waals surface area contributed by atoms with Gasteiger partial charge in [-0.15, -0.1) is 0 Å². The molecule has 0 aliphatic rings. The first-order valence-corrected chi connectivity index (χ1v) is 5.85. The van der Waals surface area contributed by atoms with E-state index in [-0.39, 0.29) is 12.4 Å². The van der Waals surface area contributed by atoms with E-state index in [1.54, 1.807) is 0 Å². The van der Waals surface area contributed by atoms with Crippen LogP contribution in [0, 0.1) is 0 Å². The van der Waals surface area contributed by atoms with E-state index in [1.165, 1.54) is 7.11 Å². The van der Waals surface area contributed by atoms with Crippen molar-refractivity contribution in [2.75, 3.05) is 32.6 Å². The predicted octanol–water partition coefficient (Wildman–Crippen LogP) is -0.675. The van der Waals surface area contributed by atoms with Crippen molar-refractivity contribution >= 4 is 10.0 Å². The van der Waals surface area contributed by atoms with Gasteiger partial charge in [-0.2, -0.15) is 0 Å². The largest absolute Gasteiger partial charge is 0.396 e. The summed E-state index contributed by atoms with van der Waals surface area (Å²) in [5.41, 5.74) is 0. The number of methoxy groups -OCH3 is 1. The molecule has 80 valence electrons. The molecule has 0 rings (SSSR count).